The molecular weight excluding hydrogens is 206 g/mol. The van der Waals surface area contributed by atoms with Crippen molar-refractivity contribution < 1.29 is 14.6 Å². The Hall–Kier alpha value is -1.39. The Bertz CT molecular complexity index is 335. The van der Waals surface area contributed by atoms with Gasteiger partial charge in [-0.3, -0.25) is 4.79 Å². The Balaban J connectivity index is 2.64. The molecule has 0 aromatic heterocycles. The molecule has 4 heteroatoms. The van der Waals surface area contributed by atoms with Crippen LogP contribution in [0.3, 0.4) is 0 Å². The van der Waals surface area contributed by atoms with Crippen LogP contribution in [0.15, 0.2) is 24.3 Å². The molecule has 0 aliphatic heterocycles. The summed E-state index contributed by atoms with van der Waals surface area (Å²) < 4.78 is 4.91. The van der Waals surface area contributed by atoms with Crippen molar-refractivity contribution in [1.82, 2.24) is 4.90 Å². The SMILES string of the molecule is COCCN(C)C(=O)c1ccc(CO)cc1. The van der Waals surface area contributed by atoms with Gasteiger partial charge < -0.3 is 14.7 Å². The summed E-state index contributed by atoms with van der Waals surface area (Å²) in [5.74, 6) is -0.0402. The average Bonchev–Trinajstić information content (AvgIpc) is 2.35. The van der Waals surface area contributed by atoms with Crippen LogP contribution in [0.2, 0.25) is 0 Å². The summed E-state index contributed by atoms with van der Waals surface area (Å²) >= 11 is 0. The van der Waals surface area contributed by atoms with Crippen LogP contribution in [0, 0.1) is 0 Å². The number of carbonyl (C=O) groups is 1. The number of likely N-dealkylation sites (N-methyl/N-ethyl adjacent to an activating group) is 1. The highest BCUT2D eigenvalue weighted by molar-refractivity contribution is 5.94. The minimum absolute atomic E-state index is 0.00597. The van der Waals surface area contributed by atoms with Gasteiger partial charge in [-0.2, -0.15) is 0 Å². The first kappa shape index (κ1) is 12.7. The summed E-state index contributed by atoms with van der Waals surface area (Å²) in [6.45, 7) is 1.09. The minimum Gasteiger partial charge on any atom is -0.392 e. The molecule has 0 unspecified atom stereocenters. The van der Waals surface area contributed by atoms with Crippen LogP contribution in [0.1, 0.15) is 15.9 Å². The second kappa shape index (κ2) is 6.25. The van der Waals surface area contributed by atoms with Gasteiger partial charge >= 0.3 is 0 Å². The Kier molecular flexibility index (Phi) is 4.95. The van der Waals surface area contributed by atoms with Crippen LogP contribution in [0.25, 0.3) is 0 Å². The summed E-state index contributed by atoms with van der Waals surface area (Å²) in [6, 6.07) is 6.93. The van der Waals surface area contributed by atoms with E-state index in [1.165, 1.54) is 0 Å². The number of amides is 1. The third kappa shape index (κ3) is 3.32. The van der Waals surface area contributed by atoms with Crippen molar-refractivity contribution in [2.45, 2.75) is 6.61 Å². The van der Waals surface area contributed by atoms with Gasteiger partial charge in [0, 0.05) is 26.3 Å². The molecular formula is C12H17NO3. The second-order valence-corrected chi connectivity index (χ2v) is 3.57. The van der Waals surface area contributed by atoms with E-state index in [4.69, 9.17) is 9.84 Å². The first-order valence-corrected chi connectivity index (χ1v) is 5.13. The molecule has 16 heavy (non-hydrogen) atoms. The Morgan fingerprint density at radius 3 is 2.50 bits per heavy atom. The molecule has 0 heterocycles. The number of carbonyl (C=O) groups excluding carboxylic acids is 1. The van der Waals surface area contributed by atoms with Crippen molar-refractivity contribution in [2.24, 2.45) is 0 Å². The fourth-order valence-corrected chi connectivity index (χ4v) is 1.30. The van der Waals surface area contributed by atoms with Crippen molar-refractivity contribution in [2.75, 3.05) is 27.3 Å². The largest absolute Gasteiger partial charge is 0.392 e. The lowest BCUT2D eigenvalue weighted by atomic mass is 10.1. The lowest BCUT2D eigenvalue weighted by Gasteiger charge is -2.16. The van der Waals surface area contributed by atoms with Crippen LogP contribution in [0.4, 0.5) is 0 Å². The van der Waals surface area contributed by atoms with Crippen molar-refractivity contribution in [3.63, 3.8) is 0 Å². The zero-order valence-corrected chi connectivity index (χ0v) is 9.64. The van der Waals surface area contributed by atoms with Gasteiger partial charge in [0.05, 0.1) is 13.2 Å². The number of aliphatic hydroxyl groups is 1. The monoisotopic (exact) mass is 223 g/mol. The van der Waals surface area contributed by atoms with Crippen molar-refractivity contribution in [3.8, 4) is 0 Å². The first-order chi connectivity index (χ1) is 7.69. The number of ether oxygens (including phenoxy) is 1. The number of aliphatic hydroxyl groups excluding tert-OH is 1. The highest BCUT2D eigenvalue weighted by atomic mass is 16.5. The summed E-state index contributed by atoms with van der Waals surface area (Å²) in [5.41, 5.74) is 1.42. The molecule has 1 amide bonds. The zero-order valence-electron chi connectivity index (χ0n) is 9.64. The molecule has 1 aromatic carbocycles. The van der Waals surface area contributed by atoms with Gasteiger partial charge in [0.15, 0.2) is 0 Å². The van der Waals surface area contributed by atoms with Crippen LogP contribution in [0.5, 0.6) is 0 Å². The number of benzene rings is 1. The van der Waals surface area contributed by atoms with E-state index in [1.54, 1.807) is 43.3 Å². The summed E-state index contributed by atoms with van der Waals surface area (Å²) in [7, 11) is 3.34. The van der Waals surface area contributed by atoms with Crippen LogP contribution >= 0.6 is 0 Å². The normalized spacial score (nSPS) is 10.2. The van der Waals surface area contributed by atoms with Crippen LogP contribution < -0.4 is 0 Å². The Labute approximate surface area is 95.5 Å². The lowest BCUT2D eigenvalue weighted by molar-refractivity contribution is 0.0744. The smallest absolute Gasteiger partial charge is 0.253 e. The predicted molar refractivity (Wildman–Crippen MR) is 61.2 cm³/mol. The molecule has 1 rings (SSSR count). The number of hydrogen-bond acceptors (Lipinski definition) is 3. The minimum atomic E-state index is -0.0402. The quantitative estimate of drug-likeness (QED) is 0.806. The predicted octanol–water partition coefficient (Wildman–Crippen LogP) is 0.897. The summed E-state index contributed by atoms with van der Waals surface area (Å²) in [6.07, 6.45) is 0. The maximum absolute atomic E-state index is 11.9. The van der Waals surface area contributed by atoms with Gasteiger partial charge in [0.25, 0.3) is 5.91 Å². The first-order valence-electron chi connectivity index (χ1n) is 5.13. The maximum atomic E-state index is 11.9. The molecule has 4 nitrogen and oxygen atoms in total. The molecule has 0 aliphatic carbocycles. The van der Waals surface area contributed by atoms with Gasteiger partial charge in [-0.1, -0.05) is 12.1 Å². The highest BCUT2D eigenvalue weighted by Crippen LogP contribution is 2.06. The molecule has 0 spiro atoms. The molecule has 88 valence electrons. The third-order valence-corrected chi connectivity index (χ3v) is 2.36. The van der Waals surface area contributed by atoms with E-state index < -0.39 is 0 Å². The van der Waals surface area contributed by atoms with Gasteiger partial charge in [0.1, 0.15) is 0 Å². The van der Waals surface area contributed by atoms with E-state index in [1.807, 2.05) is 0 Å². The number of hydrogen-bond donors (Lipinski definition) is 1. The van der Waals surface area contributed by atoms with E-state index in [0.717, 1.165) is 5.56 Å². The van der Waals surface area contributed by atoms with E-state index in [2.05, 4.69) is 0 Å². The molecule has 0 atom stereocenters. The molecule has 0 fully saturated rings. The van der Waals surface area contributed by atoms with Gasteiger partial charge in [-0.05, 0) is 17.7 Å². The van der Waals surface area contributed by atoms with Gasteiger partial charge in [-0.25, -0.2) is 0 Å². The zero-order chi connectivity index (χ0) is 12.0. The molecule has 0 saturated heterocycles. The molecule has 1 aromatic rings. The number of rotatable bonds is 5. The van der Waals surface area contributed by atoms with E-state index in [-0.39, 0.29) is 12.5 Å². The summed E-state index contributed by atoms with van der Waals surface area (Å²) in [5, 5.41) is 8.88. The average molecular weight is 223 g/mol. The van der Waals surface area contributed by atoms with Crippen molar-refractivity contribution >= 4 is 5.91 Å². The summed E-state index contributed by atoms with van der Waals surface area (Å²) in [4.78, 5) is 13.5. The molecule has 0 saturated carbocycles. The number of nitrogens with zero attached hydrogens (tertiary/aromatic N) is 1. The van der Waals surface area contributed by atoms with Gasteiger partial charge in [0.2, 0.25) is 0 Å². The molecule has 0 bridgehead atoms. The van der Waals surface area contributed by atoms with E-state index >= 15 is 0 Å². The molecule has 0 aliphatic rings. The lowest BCUT2D eigenvalue weighted by Crippen LogP contribution is -2.29. The van der Waals surface area contributed by atoms with E-state index in [9.17, 15) is 4.79 Å². The van der Waals surface area contributed by atoms with Crippen LogP contribution in [-0.2, 0) is 11.3 Å². The second-order valence-electron chi connectivity index (χ2n) is 3.57. The number of methoxy groups -OCH3 is 1. The van der Waals surface area contributed by atoms with Crippen molar-refractivity contribution in [3.05, 3.63) is 35.4 Å². The molecule has 0 radical (unpaired) electrons. The van der Waals surface area contributed by atoms with Crippen molar-refractivity contribution in [1.29, 1.82) is 0 Å². The maximum Gasteiger partial charge on any atom is 0.253 e. The standard InChI is InChI=1S/C12H17NO3/c1-13(7-8-16-2)12(15)11-5-3-10(9-14)4-6-11/h3-6,14H,7-9H2,1-2H3. The topological polar surface area (TPSA) is 49.8 Å². The van der Waals surface area contributed by atoms with Gasteiger partial charge in [-0.15, -0.1) is 0 Å². The fraction of sp³-hybridized carbons (Fsp3) is 0.417. The van der Waals surface area contributed by atoms with E-state index in [0.29, 0.717) is 18.7 Å². The highest BCUT2D eigenvalue weighted by Gasteiger charge is 2.10. The van der Waals surface area contributed by atoms with Crippen LogP contribution in [-0.4, -0.2) is 43.2 Å². The third-order valence-electron chi connectivity index (χ3n) is 2.36. The molecule has 1 N–H and O–H groups in total. The Morgan fingerprint density at radius 2 is 2.00 bits per heavy atom. The Morgan fingerprint density at radius 1 is 1.38 bits per heavy atom. The fourth-order valence-electron chi connectivity index (χ4n) is 1.30.